The average molecular weight is 237 g/mol. The normalized spacial score (nSPS) is 10.1. The molecule has 0 atom stereocenters. The Morgan fingerprint density at radius 2 is 2.06 bits per heavy atom. The quantitative estimate of drug-likeness (QED) is 0.469. The monoisotopic (exact) mass is 237 g/mol. The van der Waals surface area contributed by atoms with Gasteiger partial charge < -0.3 is 15.2 Å². The minimum atomic E-state index is -0.0782. The number of hydrogen-bond donors (Lipinski definition) is 1. The van der Waals surface area contributed by atoms with Gasteiger partial charge in [-0.05, 0) is 19.4 Å². The van der Waals surface area contributed by atoms with Crippen LogP contribution < -0.4 is 15.2 Å². The summed E-state index contributed by atoms with van der Waals surface area (Å²) in [5.74, 6) is 1.05. The molecule has 1 aromatic carbocycles. The van der Waals surface area contributed by atoms with Gasteiger partial charge in [0.25, 0.3) is 0 Å². The smallest absolute Gasteiger partial charge is 0.162 e. The first-order valence-electron chi connectivity index (χ1n) is 5.71. The Balaban J connectivity index is 2.99. The molecule has 0 aliphatic heterocycles. The number of carbonyl (C=O) groups is 1. The highest BCUT2D eigenvalue weighted by atomic mass is 16.5. The SMILES string of the molecule is CCCCOc1cc(C(C)=O)c(N)cc1OC. The molecule has 0 spiro atoms. The van der Waals surface area contributed by atoms with Gasteiger partial charge in [-0.1, -0.05) is 13.3 Å². The van der Waals surface area contributed by atoms with Gasteiger partial charge in [0.1, 0.15) is 0 Å². The summed E-state index contributed by atoms with van der Waals surface area (Å²) in [6.45, 7) is 4.17. The number of nitrogens with two attached hydrogens (primary N) is 1. The topological polar surface area (TPSA) is 61.5 Å². The number of anilines is 1. The van der Waals surface area contributed by atoms with Gasteiger partial charge in [-0.25, -0.2) is 0 Å². The van der Waals surface area contributed by atoms with Gasteiger partial charge >= 0.3 is 0 Å². The van der Waals surface area contributed by atoms with Crippen LogP contribution in [0.25, 0.3) is 0 Å². The highest BCUT2D eigenvalue weighted by Crippen LogP contribution is 2.32. The third-order valence-corrected chi connectivity index (χ3v) is 2.47. The maximum atomic E-state index is 11.4. The van der Waals surface area contributed by atoms with Crippen LogP contribution >= 0.6 is 0 Å². The van der Waals surface area contributed by atoms with Crippen LogP contribution in [0, 0.1) is 0 Å². The lowest BCUT2D eigenvalue weighted by atomic mass is 10.1. The van der Waals surface area contributed by atoms with Crippen molar-refractivity contribution in [3.05, 3.63) is 17.7 Å². The van der Waals surface area contributed by atoms with Gasteiger partial charge in [0.15, 0.2) is 17.3 Å². The van der Waals surface area contributed by atoms with Gasteiger partial charge in [0, 0.05) is 17.3 Å². The van der Waals surface area contributed by atoms with E-state index in [1.165, 1.54) is 6.92 Å². The fourth-order valence-electron chi connectivity index (χ4n) is 1.48. The van der Waals surface area contributed by atoms with E-state index in [9.17, 15) is 4.79 Å². The summed E-state index contributed by atoms with van der Waals surface area (Å²) in [4.78, 5) is 11.4. The molecule has 0 amide bonds. The first-order valence-corrected chi connectivity index (χ1v) is 5.71. The van der Waals surface area contributed by atoms with Crippen molar-refractivity contribution in [2.75, 3.05) is 19.5 Å². The number of ketones is 1. The predicted molar refractivity (Wildman–Crippen MR) is 67.8 cm³/mol. The van der Waals surface area contributed by atoms with Crippen LogP contribution in [0.3, 0.4) is 0 Å². The first kappa shape index (κ1) is 13.4. The van der Waals surface area contributed by atoms with Gasteiger partial charge in [0.2, 0.25) is 0 Å². The molecule has 0 radical (unpaired) electrons. The van der Waals surface area contributed by atoms with E-state index < -0.39 is 0 Å². The van der Waals surface area contributed by atoms with E-state index in [0.29, 0.717) is 29.4 Å². The maximum Gasteiger partial charge on any atom is 0.162 e. The molecule has 0 unspecified atom stereocenters. The van der Waals surface area contributed by atoms with E-state index >= 15 is 0 Å². The third-order valence-electron chi connectivity index (χ3n) is 2.47. The molecule has 0 fully saturated rings. The molecule has 4 heteroatoms. The van der Waals surface area contributed by atoms with Gasteiger partial charge in [-0.3, -0.25) is 4.79 Å². The molecule has 0 bridgehead atoms. The number of Topliss-reactive ketones (excluding diaryl/α,β-unsaturated/α-hetero) is 1. The molecule has 17 heavy (non-hydrogen) atoms. The summed E-state index contributed by atoms with van der Waals surface area (Å²) in [5.41, 5.74) is 6.65. The molecule has 0 aliphatic carbocycles. The summed E-state index contributed by atoms with van der Waals surface area (Å²) in [7, 11) is 1.55. The molecule has 4 nitrogen and oxygen atoms in total. The van der Waals surface area contributed by atoms with Crippen molar-refractivity contribution in [1.82, 2.24) is 0 Å². The summed E-state index contributed by atoms with van der Waals surface area (Å²) in [5, 5.41) is 0. The van der Waals surface area contributed by atoms with E-state index in [4.69, 9.17) is 15.2 Å². The predicted octanol–water partition coefficient (Wildman–Crippen LogP) is 2.66. The van der Waals surface area contributed by atoms with Crippen molar-refractivity contribution >= 4 is 11.5 Å². The van der Waals surface area contributed by atoms with Crippen LogP contribution in [0.4, 0.5) is 5.69 Å². The molecule has 1 aromatic rings. The number of unbranched alkanes of at least 4 members (excludes halogenated alkanes) is 1. The standard InChI is InChI=1S/C13H19NO3/c1-4-5-6-17-13-7-10(9(2)15)11(14)8-12(13)16-3/h7-8H,4-6,14H2,1-3H3. The van der Waals surface area contributed by atoms with Crippen molar-refractivity contribution < 1.29 is 14.3 Å². The second-order valence-electron chi connectivity index (χ2n) is 3.85. The number of methoxy groups -OCH3 is 1. The zero-order chi connectivity index (χ0) is 12.8. The first-order chi connectivity index (χ1) is 8.10. The van der Waals surface area contributed by atoms with Gasteiger partial charge in [-0.15, -0.1) is 0 Å². The van der Waals surface area contributed by atoms with Gasteiger partial charge in [-0.2, -0.15) is 0 Å². The Hall–Kier alpha value is -1.71. The van der Waals surface area contributed by atoms with Gasteiger partial charge in [0.05, 0.1) is 13.7 Å². The van der Waals surface area contributed by atoms with E-state index in [1.807, 2.05) is 0 Å². The summed E-state index contributed by atoms with van der Waals surface area (Å²) < 4.78 is 10.8. The van der Waals surface area contributed by atoms with Crippen molar-refractivity contribution in [3.8, 4) is 11.5 Å². The van der Waals surface area contributed by atoms with Crippen molar-refractivity contribution in [2.45, 2.75) is 26.7 Å². The molecule has 0 aliphatic rings. The number of carbonyl (C=O) groups excluding carboxylic acids is 1. The zero-order valence-corrected chi connectivity index (χ0v) is 10.6. The van der Waals surface area contributed by atoms with Crippen LogP contribution in [0.1, 0.15) is 37.0 Å². The van der Waals surface area contributed by atoms with Crippen molar-refractivity contribution in [1.29, 1.82) is 0 Å². The van der Waals surface area contributed by atoms with Crippen LogP contribution in [0.2, 0.25) is 0 Å². The molecule has 2 N–H and O–H groups in total. The number of nitrogen functional groups attached to an aromatic ring is 1. The lowest BCUT2D eigenvalue weighted by molar-refractivity contribution is 0.101. The van der Waals surface area contributed by atoms with Crippen LogP contribution in [0.15, 0.2) is 12.1 Å². The Kier molecular flexibility index (Phi) is 4.82. The fraction of sp³-hybridized carbons (Fsp3) is 0.462. The Morgan fingerprint density at radius 3 is 2.59 bits per heavy atom. The molecular formula is C13H19NO3. The molecular weight excluding hydrogens is 218 g/mol. The molecule has 1 rings (SSSR count). The molecule has 94 valence electrons. The lowest BCUT2D eigenvalue weighted by Gasteiger charge is -2.13. The van der Waals surface area contributed by atoms with E-state index in [2.05, 4.69) is 6.92 Å². The minimum Gasteiger partial charge on any atom is -0.493 e. The largest absolute Gasteiger partial charge is 0.493 e. The molecule has 0 heterocycles. The lowest BCUT2D eigenvalue weighted by Crippen LogP contribution is -2.04. The minimum absolute atomic E-state index is 0.0782. The summed E-state index contributed by atoms with van der Waals surface area (Å²) >= 11 is 0. The van der Waals surface area contributed by atoms with Crippen LogP contribution in [-0.4, -0.2) is 19.5 Å². The Bertz CT molecular complexity index is 402. The molecule has 0 saturated carbocycles. The molecule has 0 saturated heterocycles. The maximum absolute atomic E-state index is 11.4. The second-order valence-corrected chi connectivity index (χ2v) is 3.85. The highest BCUT2D eigenvalue weighted by molar-refractivity contribution is 5.99. The summed E-state index contributed by atoms with van der Waals surface area (Å²) in [6.07, 6.45) is 2.01. The highest BCUT2D eigenvalue weighted by Gasteiger charge is 2.12. The Labute approximate surface area is 102 Å². The number of rotatable bonds is 6. The van der Waals surface area contributed by atoms with E-state index in [1.54, 1.807) is 19.2 Å². The second kappa shape index (κ2) is 6.13. The number of benzene rings is 1. The van der Waals surface area contributed by atoms with Crippen molar-refractivity contribution in [3.63, 3.8) is 0 Å². The fourth-order valence-corrected chi connectivity index (χ4v) is 1.48. The zero-order valence-electron chi connectivity index (χ0n) is 10.6. The van der Waals surface area contributed by atoms with Crippen LogP contribution in [-0.2, 0) is 0 Å². The Morgan fingerprint density at radius 1 is 1.35 bits per heavy atom. The number of ether oxygens (including phenoxy) is 2. The average Bonchev–Trinajstić information content (AvgIpc) is 2.30. The van der Waals surface area contributed by atoms with E-state index in [0.717, 1.165) is 12.8 Å². The third kappa shape index (κ3) is 3.37. The van der Waals surface area contributed by atoms with Crippen molar-refractivity contribution in [2.24, 2.45) is 0 Å². The van der Waals surface area contributed by atoms with Crippen LogP contribution in [0.5, 0.6) is 11.5 Å². The number of hydrogen-bond acceptors (Lipinski definition) is 4. The molecule has 0 aromatic heterocycles. The summed E-state index contributed by atoms with van der Waals surface area (Å²) in [6, 6.07) is 3.27. The van der Waals surface area contributed by atoms with E-state index in [-0.39, 0.29) is 5.78 Å².